The third-order valence-corrected chi connectivity index (χ3v) is 3.64. The van der Waals surface area contributed by atoms with E-state index in [1.807, 2.05) is 0 Å². The molecule has 0 amide bonds. The zero-order chi connectivity index (χ0) is 13.9. The Kier molecular flexibility index (Phi) is 3.42. The molecular weight excluding hydrogens is 246 g/mol. The van der Waals surface area contributed by atoms with Gasteiger partial charge in [0.25, 0.3) is 0 Å². The van der Waals surface area contributed by atoms with Crippen molar-refractivity contribution < 1.29 is 0 Å². The molecule has 0 saturated carbocycles. The van der Waals surface area contributed by atoms with Crippen LogP contribution in [0, 0.1) is 13.8 Å². The summed E-state index contributed by atoms with van der Waals surface area (Å²) < 4.78 is 4.43. The van der Waals surface area contributed by atoms with Crippen molar-refractivity contribution in [1.82, 2.24) is 14.1 Å². The van der Waals surface area contributed by atoms with Crippen LogP contribution in [0.25, 0.3) is 0 Å². The SMILES string of the molecule is Cc1cccn1Cc1cccc(Cn2cccc2C)n1. The van der Waals surface area contributed by atoms with Crippen LogP contribution in [-0.2, 0) is 13.1 Å². The fourth-order valence-corrected chi connectivity index (χ4v) is 2.41. The van der Waals surface area contributed by atoms with Gasteiger partial charge in [-0.05, 0) is 50.2 Å². The molecule has 0 aromatic carbocycles. The second-order valence-electron chi connectivity index (χ2n) is 5.18. The maximum Gasteiger partial charge on any atom is 0.0645 e. The summed E-state index contributed by atoms with van der Waals surface area (Å²) in [7, 11) is 0. The number of nitrogens with zero attached hydrogens (tertiary/aromatic N) is 3. The van der Waals surface area contributed by atoms with Crippen LogP contribution in [0.3, 0.4) is 0 Å². The van der Waals surface area contributed by atoms with Crippen molar-refractivity contribution in [2.45, 2.75) is 26.9 Å². The first-order chi connectivity index (χ1) is 9.72. The highest BCUT2D eigenvalue weighted by atomic mass is 15.0. The van der Waals surface area contributed by atoms with Crippen molar-refractivity contribution in [3.05, 3.63) is 77.6 Å². The van der Waals surface area contributed by atoms with Crippen LogP contribution in [0.5, 0.6) is 0 Å². The van der Waals surface area contributed by atoms with Gasteiger partial charge in [0.05, 0.1) is 24.5 Å². The van der Waals surface area contributed by atoms with Crippen LogP contribution in [-0.4, -0.2) is 14.1 Å². The molecule has 0 saturated heterocycles. The molecule has 0 aliphatic rings. The van der Waals surface area contributed by atoms with E-state index in [0.717, 1.165) is 24.5 Å². The average Bonchev–Trinajstić information content (AvgIpc) is 3.01. The molecule has 0 bridgehead atoms. The monoisotopic (exact) mass is 265 g/mol. The molecule has 20 heavy (non-hydrogen) atoms. The Morgan fingerprint density at radius 1 is 0.750 bits per heavy atom. The van der Waals surface area contributed by atoms with Crippen molar-refractivity contribution in [2.75, 3.05) is 0 Å². The Balaban J connectivity index is 1.79. The molecule has 3 aromatic heterocycles. The maximum atomic E-state index is 4.76. The summed E-state index contributed by atoms with van der Waals surface area (Å²) in [5.74, 6) is 0. The van der Waals surface area contributed by atoms with Gasteiger partial charge >= 0.3 is 0 Å². The molecule has 3 aromatic rings. The predicted octanol–water partition coefficient (Wildman–Crippen LogP) is 3.40. The lowest BCUT2D eigenvalue weighted by atomic mass is 10.3. The van der Waals surface area contributed by atoms with Crippen LogP contribution in [0.2, 0.25) is 0 Å². The number of hydrogen-bond acceptors (Lipinski definition) is 1. The lowest BCUT2D eigenvalue weighted by molar-refractivity contribution is 0.720. The minimum atomic E-state index is 0.831. The molecule has 3 heteroatoms. The van der Waals surface area contributed by atoms with Gasteiger partial charge in [-0.1, -0.05) is 6.07 Å². The molecule has 0 spiro atoms. The summed E-state index contributed by atoms with van der Waals surface area (Å²) in [6.07, 6.45) is 4.19. The van der Waals surface area contributed by atoms with Gasteiger partial charge in [-0.15, -0.1) is 0 Å². The van der Waals surface area contributed by atoms with Crippen LogP contribution in [0.4, 0.5) is 0 Å². The number of aromatic nitrogens is 3. The van der Waals surface area contributed by atoms with Crippen LogP contribution in [0.1, 0.15) is 22.8 Å². The summed E-state index contributed by atoms with van der Waals surface area (Å²) >= 11 is 0. The van der Waals surface area contributed by atoms with Gasteiger partial charge in [-0.3, -0.25) is 4.98 Å². The molecule has 102 valence electrons. The van der Waals surface area contributed by atoms with Crippen molar-refractivity contribution in [3.63, 3.8) is 0 Å². The maximum absolute atomic E-state index is 4.76. The quantitative estimate of drug-likeness (QED) is 0.709. The number of pyridine rings is 1. The summed E-state index contributed by atoms with van der Waals surface area (Å²) in [5, 5.41) is 0. The fourth-order valence-electron chi connectivity index (χ4n) is 2.41. The van der Waals surface area contributed by atoms with E-state index >= 15 is 0 Å². The Labute approximate surface area is 119 Å². The van der Waals surface area contributed by atoms with E-state index in [1.165, 1.54) is 11.4 Å². The zero-order valence-electron chi connectivity index (χ0n) is 12.0. The predicted molar refractivity (Wildman–Crippen MR) is 80.8 cm³/mol. The Hall–Kier alpha value is -2.29. The molecule has 3 heterocycles. The molecule has 0 aliphatic carbocycles. The normalized spacial score (nSPS) is 10.9. The van der Waals surface area contributed by atoms with Gasteiger partial charge in [0, 0.05) is 23.8 Å². The van der Waals surface area contributed by atoms with E-state index in [2.05, 4.69) is 77.8 Å². The van der Waals surface area contributed by atoms with Crippen molar-refractivity contribution in [2.24, 2.45) is 0 Å². The lowest BCUT2D eigenvalue weighted by Crippen LogP contribution is -2.06. The fraction of sp³-hybridized carbons (Fsp3) is 0.235. The number of hydrogen-bond donors (Lipinski definition) is 0. The van der Waals surface area contributed by atoms with Crippen molar-refractivity contribution in [1.29, 1.82) is 0 Å². The Morgan fingerprint density at radius 3 is 1.65 bits per heavy atom. The Bertz CT molecular complexity index is 649. The molecule has 0 N–H and O–H groups in total. The number of aryl methyl sites for hydroxylation is 2. The van der Waals surface area contributed by atoms with Gasteiger partial charge < -0.3 is 9.13 Å². The van der Waals surface area contributed by atoms with Gasteiger partial charge in [-0.2, -0.15) is 0 Å². The van der Waals surface area contributed by atoms with Crippen molar-refractivity contribution in [3.8, 4) is 0 Å². The summed E-state index contributed by atoms with van der Waals surface area (Å²) in [6, 6.07) is 14.6. The topological polar surface area (TPSA) is 22.8 Å². The molecule has 0 aliphatic heterocycles. The van der Waals surface area contributed by atoms with E-state index in [9.17, 15) is 0 Å². The van der Waals surface area contributed by atoms with Gasteiger partial charge in [0.2, 0.25) is 0 Å². The average molecular weight is 265 g/mol. The Morgan fingerprint density at radius 2 is 1.25 bits per heavy atom. The van der Waals surface area contributed by atoms with E-state index in [1.54, 1.807) is 0 Å². The number of rotatable bonds is 4. The van der Waals surface area contributed by atoms with Gasteiger partial charge in [0.1, 0.15) is 0 Å². The molecule has 0 unspecified atom stereocenters. The highest BCUT2D eigenvalue weighted by Crippen LogP contribution is 2.09. The third kappa shape index (κ3) is 2.67. The standard InChI is InChI=1S/C17H19N3/c1-14-6-4-10-19(14)12-16-8-3-9-17(18-16)13-20-11-5-7-15(20)2/h3-11H,12-13H2,1-2H3. The van der Waals surface area contributed by atoms with E-state index in [0.29, 0.717) is 0 Å². The minimum absolute atomic E-state index is 0.831. The lowest BCUT2D eigenvalue weighted by Gasteiger charge is -2.09. The first-order valence-corrected chi connectivity index (χ1v) is 6.91. The highest BCUT2D eigenvalue weighted by Gasteiger charge is 2.02. The van der Waals surface area contributed by atoms with Gasteiger partial charge in [0.15, 0.2) is 0 Å². The second kappa shape index (κ2) is 5.37. The first kappa shape index (κ1) is 12.7. The molecule has 0 fully saturated rings. The molecule has 3 nitrogen and oxygen atoms in total. The van der Waals surface area contributed by atoms with Gasteiger partial charge in [-0.25, -0.2) is 0 Å². The van der Waals surface area contributed by atoms with Crippen LogP contribution in [0.15, 0.2) is 54.9 Å². The van der Waals surface area contributed by atoms with Crippen LogP contribution >= 0.6 is 0 Å². The minimum Gasteiger partial charge on any atom is -0.346 e. The smallest absolute Gasteiger partial charge is 0.0645 e. The summed E-state index contributed by atoms with van der Waals surface area (Å²) in [4.78, 5) is 4.76. The van der Waals surface area contributed by atoms with Crippen molar-refractivity contribution >= 4 is 0 Å². The summed E-state index contributed by atoms with van der Waals surface area (Å²) in [5.41, 5.74) is 4.73. The molecular formula is C17H19N3. The van der Waals surface area contributed by atoms with E-state index < -0.39 is 0 Å². The first-order valence-electron chi connectivity index (χ1n) is 6.91. The molecule has 3 rings (SSSR count). The largest absolute Gasteiger partial charge is 0.346 e. The zero-order valence-corrected chi connectivity index (χ0v) is 12.0. The molecule has 0 atom stereocenters. The van der Waals surface area contributed by atoms with Crippen LogP contribution < -0.4 is 0 Å². The highest BCUT2D eigenvalue weighted by molar-refractivity contribution is 5.15. The van der Waals surface area contributed by atoms with E-state index in [4.69, 9.17) is 4.98 Å². The molecule has 0 radical (unpaired) electrons. The van der Waals surface area contributed by atoms with E-state index in [-0.39, 0.29) is 0 Å². The summed E-state index contributed by atoms with van der Waals surface area (Å²) in [6.45, 7) is 5.90. The third-order valence-electron chi connectivity index (χ3n) is 3.64. The second-order valence-corrected chi connectivity index (χ2v) is 5.18.